The van der Waals surface area contributed by atoms with Gasteiger partial charge in [-0.25, -0.2) is 0 Å². The van der Waals surface area contributed by atoms with E-state index in [1.807, 2.05) is 0 Å². The third-order valence-electron chi connectivity index (χ3n) is 6.01. The van der Waals surface area contributed by atoms with Crippen molar-refractivity contribution in [2.75, 3.05) is 0 Å². The standard InChI is InChI=1S/C21H40O2/c1-9-21(8,13-14(2)3)20(22)23-19-17(15(4)5)11-10-12-18(19)16(6)7/h14-19H,9-13H2,1-8H3. The Morgan fingerprint density at radius 2 is 1.52 bits per heavy atom. The van der Waals surface area contributed by atoms with E-state index in [-0.39, 0.29) is 17.5 Å². The summed E-state index contributed by atoms with van der Waals surface area (Å²) >= 11 is 0. The summed E-state index contributed by atoms with van der Waals surface area (Å²) in [6.07, 6.45) is 5.55. The van der Waals surface area contributed by atoms with E-state index < -0.39 is 0 Å². The molecule has 0 amide bonds. The van der Waals surface area contributed by atoms with Crippen molar-refractivity contribution in [2.24, 2.45) is 35.0 Å². The Bertz CT molecular complexity index is 356. The maximum absolute atomic E-state index is 13.0. The fourth-order valence-electron chi connectivity index (χ4n) is 4.37. The average Bonchev–Trinajstić information content (AvgIpc) is 2.45. The predicted molar refractivity (Wildman–Crippen MR) is 98.2 cm³/mol. The molecule has 0 spiro atoms. The third-order valence-corrected chi connectivity index (χ3v) is 6.01. The van der Waals surface area contributed by atoms with Crippen LogP contribution in [0.2, 0.25) is 0 Å². The SMILES string of the molecule is CCC(C)(CC(C)C)C(=O)OC1C(C(C)C)CCCC1C(C)C. The Labute approximate surface area is 144 Å². The van der Waals surface area contributed by atoms with Crippen molar-refractivity contribution in [3.63, 3.8) is 0 Å². The topological polar surface area (TPSA) is 26.3 Å². The second-order valence-corrected chi connectivity index (χ2v) is 9.13. The maximum atomic E-state index is 13.0. The molecule has 3 atom stereocenters. The van der Waals surface area contributed by atoms with E-state index in [1.165, 1.54) is 19.3 Å². The van der Waals surface area contributed by atoms with Crippen LogP contribution in [0.25, 0.3) is 0 Å². The maximum Gasteiger partial charge on any atom is 0.312 e. The molecule has 0 aromatic rings. The summed E-state index contributed by atoms with van der Waals surface area (Å²) in [4.78, 5) is 13.0. The number of carbonyl (C=O) groups is 1. The first-order chi connectivity index (χ1) is 10.6. The Hall–Kier alpha value is -0.530. The van der Waals surface area contributed by atoms with Crippen LogP contribution in [0.4, 0.5) is 0 Å². The van der Waals surface area contributed by atoms with Crippen molar-refractivity contribution in [3.05, 3.63) is 0 Å². The molecule has 0 heterocycles. The summed E-state index contributed by atoms with van der Waals surface area (Å²) in [6.45, 7) is 17.7. The molecule has 0 radical (unpaired) electrons. The van der Waals surface area contributed by atoms with E-state index in [0.717, 1.165) is 12.8 Å². The lowest BCUT2D eigenvalue weighted by atomic mass is 9.70. The quantitative estimate of drug-likeness (QED) is 0.530. The minimum absolute atomic E-state index is 0.0388. The Morgan fingerprint density at radius 1 is 1.04 bits per heavy atom. The number of carbonyl (C=O) groups excluding carboxylic acids is 1. The largest absolute Gasteiger partial charge is 0.461 e. The number of hydrogen-bond acceptors (Lipinski definition) is 2. The lowest BCUT2D eigenvalue weighted by molar-refractivity contribution is -0.173. The van der Waals surface area contributed by atoms with Gasteiger partial charge in [-0.15, -0.1) is 0 Å². The van der Waals surface area contributed by atoms with Gasteiger partial charge < -0.3 is 4.74 Å². The van der Waals surface area contributed by atoms with Gasteiger partial charge in [-0.05, 0) is 62.2 Å². The molecule has 136 valence electrons. The van der Waals surface area contributed by atoms with Crippen molar-refractivity contribution in [1.29, 1.82) is 0 Å². The van der Waals surface area contributed by atoms with Gasteiger partial charge in [0, 0.05) is 0 Å². The van der Waals surface area contributed by atoms with Gasteiger partial charge in [0.1, 0.15) is 6.10 Å². The van der Waals surface area contributed by atoms with E-state index in [9.17, 15) is 4.79 Å². The van der Waals surface area contributed by atoms with Gasteiger partial charge in [-0.1, -0.05) is 54.9 Å². The molecule has 1 fully saturated rings. The van der Waals surface area contributed by atoms with E-state index in [1.54, 1.807) is 0 Å². The predicted octanol–water partition coefficient (Wildman–Crippen LogP) is 6.09. The van der Waals surface area contributed by atoms with E-state index in [4.69, 9.17) is 4.74 Å². The molecule has 0 bridgehead atoms. The van der Waals surface area contributed by atoms with Gasteiger partial charge in [-0.3, -0.25) is 4.79 Å². The van der Waals surface area contributed by atoms with Gasteiger partial charge in [0.2, 0.25) is 0 Å². The molecule has 23 heavy (non-hydrogen) atoms. The first-order valence-corrected chi connectivity index (χ1v) is 9.83. The summed E-state index contributed by atoms with van der Waals surface area (Å²) < 4.78 is 6.26. The smallest absolute Gasteiger partial charge is 0.312 e. The van der Waals surface area contributed by atoms with Gasteiger partial charge >= 0.3 is 5.97 Å². The molecule has 0 aliphatic heterocycles. The van der Waals surface area contributed by atoms with Crippen LogP contribution in [0.3, 0.4) is 0 Å². The van der Waals surface area contributed by atoms with Crippen LogP contribution >= 0.6 is 0 Å². The number of ether oxygens (including phenoxy) is 1. The Morgan fingerprint density at radius 3 is 1.87 bits per heavy atom. The lowest BCUT2D eigenvalue weighted by Gasteiger charge is -2.43. The molecule has 3 unspecified atom stereocenters. The average molecular weight is 325 g/mol. The monoisotopic (exact) mass is 324 g/mol. The first kappa shape index (κ1) is 20.5. The zero-order chi connectivity index (χ0) is 17.8. The molecule has 0 saturated heterocycles. The highest BCUT2D eigenvalue weighted by atomic mass is 16.5. The minimum atomic E-state index is -0.339. The van der Waals surface area contributed by atoms with Crippen molar-refractivity contribution < 1.29 is 9.53 Å². The summed E-state index contributed by atoms with van der Waals surface area (Å²) in [5, 5.41) is 0. The summed E-state index contributed by atoms with van der Waals surface area (Å²) in [6, 6.07) is 0. The molecule has 2 nitrogen and oxygen atoms in total. The normalized spacial score (nSPS) is 28.2. The molecular weight excluding hydrogens is 284 g/mol. The first-order valence-electron chi connectivity index (χ1n) is 9.83. The highest BCUT2D eigenvalue weighted by Crippen LogP contribution is 2.41. The number of rotatable bonds is 7. The minimum Gasteiger partial charge on any atom is -0.461 e. The van der Waals surface area contributed by atoms with Crippen LogP contribution in [-0.4, -0.2) is 12.1 Å². The highest BCUT2D eigenvalue weighted by Gasteiger charge is 2.42. The fraction of sp³-hybridized carbons (Fsp3) is 0.952. The molecule has 1 aliphatic carbocycles. The number of esters is 1. The lowest BCUT2D eigenvalue weighted by Crippen LogP contribution is -2.45. The van der Waals surface area contributed by atoms with Crippen LogP contribution in [0, 0.1) is 35.0 Å². The van der Waals surface area contributed by atoms with Crippen molar-refractivity contribution >= 4 is 5.97 Å². The van der Waals surface area contributed by atoms with Crippen LogP contribution in [0.5, 0.6) is 0 Å². The molecule has 0 aromatic heterocycles. The molecule has 1 aliphatic rings. The molecular formula is C21H40O2. The van der Waals surface area contributed by atoms with Crippen molar-refractivity contribution in [3.8, 4) is 0 Å². The van der Waals surface area contributed by atoms with Crippen molar-refractivity contribution in [1.82, 2.24) is 0 Å². The zero-order valence-corrected chi connectivity index (χ0v) is 16.8. The van der Waals surface area contributed by atoms with E-state index >= 15 is 0 Å². The van der Waals surface area contributed by atoms with Gasteiger partial charge in [0.25, 0.3) is 0 Å². The van der Waals surface area contributed by atoms with E-state index in [2.05, 4.69) is 55.4 Å². The van der Waals surface area contributed by atoms with Gasteiger partial charge in [-0.2, -0.15) is 0 Å². The highest BCUT2D eigenvalue weighted by molar-refractivity contribution is 5.76. The molecule has 0 N–H and O–H groups in total. The molecule has 0 aromatic carbocycles. The van der Waals surface area contributed by atoms with Gasteiger partial charge in [0.05, 0.1) is 5.41 Å². The van der Waals surface area contributed by atoms with Crippen LogP contribution in [0.1, 0.15) is 87.5 Å². The summed E-state index contributed by atoms with van der Waals surface area (Å²) in [7, 11) is 0. The summed E-state index contributed by atoms with van der Waals surface area (Å²) in [5.41, 5.74) is -0.339. The zero-order valence-electron chi connectivity index (χ0n) is 16.8. The molecule has 1 saturated carbocycles. The van der Waals surface area contributed by atoms with E-state index in [0.29, 0.717) is 29.6 Å². The molecule has 1 rings (SSSR count). The Balaban J connectivity index is 2.96. The van der Waals surface area contributed by atoms with Crippen LogP contribution in [-0.2, 0) is 9.53 Å². The third kappa shape index (κ3) is 5.22. The second-order valence-electron chi connectivity index (χ2n) is 9.13. The van der Waals surface area contributed by atoms with Gasteiger partial charge in [0.15, 0.2) is 0 Å². The molecule has 2 heteroatoms. The summed E-state index contributed by atoms with van der Waals surface area (Å²) in [5.74, 6) is 2.73. The fourth-order valence-corrected chi connectivity index (χ4v) is 4.37. The van der Waals surface area contributed by atoms with Crippen LogP contribution < -0.4 is 0 Å². The van der Waals surface area contributed by atoms with Crippen molar-refractivity contribution in [2.45, 2.75) is 93.6 Å². The van der Waals surface area contributed by atoms with Crippen LogP contribution in [0.15, 0.2) is 0 Å². The Kier molecular flexibility index (Phi) is 7.61. The number of hydrogen-bond donors (Lipinski definition) is 0. The second kappa shape index (κ2) is 8.53.